The maximum Gasteiger partial charge on any atom is 0.287 e. The second-order valence-corrected chi connectivity index (χ2v) is 6.07. The molecule has 0 unspecified atom stereocenters. The summed E-state index contributed by atoms with van der Waals surface area (Å²) in [7, 11) is 3.87. The topological polar surface area (TPSA) is 67.9 Å². The highest BCUT2D eigenvalue weighted by Crippen LogP contribution is 2.18. The number of carbonyl (C=O) groups excluding carboxylic acids is 1. The molecule has 0 aliphatic rings. The van der Waals surface area contributed by atoms with E-state index >= 15 is 0 Å². The Balaban J connectivity index is 1.54. The Morgan fingerprint density at radius 3 is 2.62 bits per heavy atom. The minimum absolute atomic E-state index is 0.0511. The molecule has 6 nitrogen and oxygen atoms in total. The number of furan rings is 2. The van der Waals surface area contributed by atoms with Crippen LogP contribution in [0, 0.1) is 0 Å². The molecule has 1 aromatic carbocycles. The van der Waals surface area contributed by atoms with Gasteiger partial charge in [-0.25, -0.2) is 0 Å². The van der Waals surface area contributed by atoms with Gasteiger partial charge in [0, 0.05) is 6.54 Å². The van der Waals surface area contributed by atoms with Gasteiger partial charge in [-0.15, -0.1) is 0 Å². The van der Waals surface area contributed by atoms with Crippen molar-refractivity contribution in [3.63, 3.8) is 0 Å². The summed E-state index contributed by atoms with van der Waals surface area (Å²) < 4.78 is 16.6. The Kier molecular flexibility index (Phi) is 5.76. The molecule has 0 fully saturated rings. The summed E-state index contributed by atoms with van der Waals surface area (Å²) >= 11 is 0. The summed E-state index contributed by atoms with van der Waals surface area (Å²) in [6.07, 6.45) is 1.62. The van der Waals surface area contributed by atoms with Crippen LogP contribution in [0.25, 0.3) is 0 Å². The van der Waals surface area contributed by atoms with E-state index in [1.54, 1.807) is 18.4 Å². The normalized spacial score (nSPS) is 12.1. The van der Waals surface area contributed by atoms with Gasteiger partial charge in [0.15, 0.2) is 5.76 Å². The van der Waals surface area contributed by atoms with E-state index in [4.69, 9.17) is 13.6 Å². The molecule has 3 aromatic rings. The average molecular weight is 354 g/mol. The van der Waals surface area contributed by atoms with Crippen molar-refractivity contribution in [3.05, 3.63) is 78.1 Å². The summed E-state index contributed by atoms with van der Waals surface area (Å²) in [5, 5.41) is 2.88. The number of amides is 1. The van der Waals surface area contributed by atoms with E-state index in [0.29, 0.717) is 12.3 Å². The van der Waals surface area contributed by atoms with E-state index in [0.717, 1.165) is 11.5 Å². The van der Waals surface area contributed by atoms with Crippen LogP contribution >= 0.6 is 0 Å². The van der Waals surface area contributed by atoms with E-state index in [1.807, 2.05) is 61.5 Å². The first-order valence-electron chi connectivity index (χ1n) is 8.38. The molecule has 2 aromatic heterocycles. The first-order chi connectivity index (χ1) is 12.6. The lowest BCUT2D eigenvalue weighted by molar-refractivity contribution is 0.0907. The molecule has 3 rings (SSSR count). The molecule has 26 heavy (non-hydrogen) atoms. The molecule has 6 heteroatoms. The predicted molar refractivity (Wildman–Crippen MR) is 97.0 cm³/mol. The third kappa shape index (κ3) is 4.55. The van der Waals surface area contributed by atoms with Crippen molar-refractivity contribution in [1.82, 2.24) is 10.2 Å². The van der Waals surface area contributed by atoms with Crippen molar-refractivity contribution >= 4 is 5.91 Å². The van der Waals surface area contributed by atoms with Gasteiger partial charge in [-0.2, -0.15) is 0 Å². The number of nitrogens with zero attached hydrogens (tertiary/aromatic N) is 1. The second kappa shape index (κ2) is 8.40. The molecule has 0 spiro atoms. The third-order valence-corrected chi connectivity index (χ3v) is 3.96. The van der Waals surface area contributed by atoms with Crippen molar-refractivity contribution in [1.29, 1.82) is 0 Å². The standard InChI is InChI=1S/C20H22N2O4/c1-22(2)17(18-9-6-12-24-18)13-21-20(23)19-11-10-16(26-19)14-25-15-7-4-3-5-8-15/h3-12,17H,13-14H2,1-2H3,(H,21,23)/t17-/m1/s1. The average Bonchev–Trinajstić information content (AvgIpc) is 3.33. The number of para-hydroxylation sites is 1. The number of hydrogen-bond donors (Lipinski definition) is 1. The van der Waals surface area contributed by atoms with Gasteiger partial charge in [0.1, 0.15) is 23.9 Å². The summed E-state index contributed by atoms with van der Waals surface area (Å²) in [5.74, 6) is 2.13. The molecule has 1 atom stereocenters. The van der Waals surface area contributed by atoms with Gasteiger partial charge in [-0.05, 0) is 50.5 Å². The predicted octanol–water partition coefficient (Wildman–Crippen LogP) is 3.48. The molecule has 136 valence electrons. The summed E-state index contributed by atoms with van der Waals surface area (Å²) in [6, 6.07) is 16.5. The summed E-state index contributed by atoms with van der Waals surface area (Å²) in [5.41, 5.74) is 0. The fourth-order valence-corrected chi connectivity index (χ4v) is 2.54. The third-order valence-electron chi connectivity index (χ3n) is 3.96. The lowest BCUT2D eigenvalue weighted by Crippen LogP contribution is -2.34. The zero-order chi connectivity index (χ0) is 18.4. The lowest BCUT2D eigenvalue weighted by Gasteiger charge is -2.22. The Morgan fingerprint density at radius 2 is 1.92 bits per heavy atom. The molecule has 1 N–H and O–H groups in total. The first-order valence-corrected chi connectivity index (χ1v) is 8.38. The van der Waals surface area contributed by atoms with Crippen LogP contribution in [-0.4, -0.2) is 31.4 Å². The molecule has 0 radical (unpaired) electrons. The smallest absolute Gasteiger partial charge is 0.287 e. The molecule has 0 saturated heterocycles. The van der Waals surface area contributed by atoms with E-state index in [-0.39, 0.29) is 24.3 Å². The highest BCUT2D eigenvalue weighted by Gasteiger charge is 2.19. The van der Waals surface area contributed by atoms with Gasteiger partial charge >= 0.3 is 0 Å². The quantitative estimate of drug-likeness (QED) is 0.671. The van der Waals surface area contributed by atoms with Gasteiger partial charge in [0.25, 0.3) is 5.91 Å². The first kappa shape index (κ1) is 17.8. The molecule has 1 amide bonds. The van der Waals surface area contributed by atoms with Crippen LogP contribution in [-0.2, 0) is 6.61 Å². The second-order valence-electron chi connectivity index (χ2n) is 6.07. The maximum absolute atomic E-state index is 12.3. The van der Waals surface area contributed by atoms with Crippen LogP contribution in [0.15, 0.2) is 69.7 Å². The van der Waals surface area contributed by atoms with Crippen LogP contribution in [0.4, 0.5) is 0 Å². The number of carbonyl (C=O) groups is 1. The lowest BCUT2D eigenvalue weighted by atomic mass is 10.2. The molecular formula is C20H22N2O4. The molecule has 2 heterocycles. The number of rotatable bonds is 8. The largest absolute Gasteiger partial charge is 0.486 e. The Morgan fingerprint density at radius 1 is 1.12 bits per heavy atom. The van der Waals surface area contributed by atoms with E-state index in [2.05, 4.69) is 5.32 Å². The Bertz CT molecular complexity index is 809. The SMILES string of the molecule is CN(C)[C@H](CNC(=O)c1ccc(COc2ccccc2)o1)c1ccco1. The maximum atomic E-state index is 12.3. The van der Waals surface area contributed by atoms with Gasteiger partial charge in [0.05, 0.1) is 12.3 Å². The zero-order valence-corrected chi connectivity index (χ0v) is 14.8. The number of benzene rings is 1. The summed E-state index contributed by atoms with van der Waals surface area (Å²) in [4.78, 5) is 14.3. The Hall–Kier alpha value is -2.99. The molecule has 0 saturated carbocycles. The molecule has 0 bridgehead atoms. The van der Waals surface area contributed by atoms with E-state index in [1.165, 1.54) is 0 Å². The van der Waals surface area contributed by atoms with Crippen molar-refractivity contribution in [3.8, 4) is 5.75 Å². The Labute approximate surface area is 152 Å². The van der Waals surface area contributed by atoms with Gasteiger partial charge < -0.3 is 18.9 Å². The van der Waals surface area contributed by atoms with Crippen LogP contribution < -0.4 is 10.1 Å². The van der Waals surface area contributed by atoms with Gasteiger partial charge in [0.2, 0.25) is 0 Å². The monoisotopic (exact) mass is 354 g/mol. The van der Waals surface area contributed by atoms with Crippen molar-refractivity contribution in [2.75, 3.05) is 20.6 Å². The van der Waals surface area contributed by atoms with Crippen LogP contribution in [0.1, 0.15) is 28.1 Å². The van der Waals surface area contributed by atoms with Crippen LogP contribution in [0.3, 0.4) is 0 Å². The minimum atomic E-state index is -0.269. The molecular weight excluding hydrogens is 332 g/mol. The van der Waals surface area contributed by atoms with Gasteiger partial charge in [-0.3, -0.25) is 9.69 Å². The molecule has 0 aliphatic heterocycles. The van der Waals surface area contributed by atoms with E-state index < -0.39 is 0 Å². The van der Waals surface area contributed by atoms with Crippen molar-refractivity contribution in [2.45, 2.75) is 12.6 Å². The van der Waals surface area contributed by atoms with Crippen LogP contribution in [0.2, 0.25) is 0 Å². The molecule has 0 aliphatic carbocycles. The fraction of sp³-hybridized carbons (Fsp3) is 0.250. The van der Waals surface area contributed by atoms with Crippen molar-refractivity contribution in [2.24, 2.45) is 0 Å². The minimum Gasteiger partial charge on any atom is -0.486 e. The van der Waals surface area contributed by atoms with Crippen molar-refractivity contribution < 1.29 is 18.4 Å². The highest BCUT2D eigenvalue weighted by atomic mass is 16.5. The fourth-order valence-electron chi connectivity index (χ4n) is 2.54. The van der Waals surface area contributed by atoms with E-state index in [9.17, 15) is 4.79 Å². The number of ether oxygens (including phenoxy) is 1. The summed E-state index contributed by atoms with van der Waals surface area (Å²) in [6.45, 7) is 0.680. The number of likely N-dealkylation sites (N-methyl/N-ethyl adjacent to an activating group) is 1. The van der Waals surface area contributed by atoms with Crippen LogP contribution in [0.5, 0.6) is 5.75 Å². The number of hydrogen-bond acceptors (Lipinski definition) is 5. The zero-order valence-electron chi connectivity index (χ0n) is 14.8. The highest BCUT2D eigenvalue weighted by molar-refractivity contribution is 5.91. The number of nitrogens with one attached hydrogen (secondary N) is 1. The van der Waals surface area contributed by atoms with Gasteiger partial charge in [-0.1, -0.05) is 18.2 Å².